The van der Waals surface area contributed by atoms with Crippen molar-refractivity contribution in [1.29, 1.82) is 0 Å². The molecule has 11 nitrogen and oxygen atoms in total. The van der Waals surface area contributed by atoms with E-state index in [1.54, 1.807) is 11.9 Å². The molecule has 2 fully saturated rings. The Morgan fingerprint density at radius 1 is 1.52 bits per heavy atom. The maximum absolute atomic E-state index is 10.8. The van der Waals surface area contributed by atoms with Crippen molar-refractivity contribution in [2.45, 2.75) is 30.8 Å². The molecule has 2 saturated heterocycles. The summed E-state index contributed by atoms with van der Waals surface area (Å²) in [6.45, 7) is 0.141. The summed E-state index contributed by atoms with van der Waals surface area (Å²) in [5.74, 6) is 0.599. The molecule has 4 unspecified atom stereocenters. The number of nitrogen functional groups attached to an aromatic ring is 1. The van der Waals surface area contributed by atoms with Crippen LogP contribution in [0.1, 0.15) is 0 Å². The van der Waals surface area contributed by atoms with E-state index < -0.39 is 38.7 Å². The monoisotopic (exact) mass is 392 g/mol. The van der Waals surface area contributed by atoms with Crippen LogP contribution < -0.4 is 21.3 Å². The molecule has 0 aromatic carbocycles. The molecule has 1 aromatic heterocycles. The average molecular weight is 393 g/mol. The number of anilines is 3. The van der Waals surface area contributed by atoms with E-state index in [0.717, 1.165) is 0 Å². The molecule has 3 aliphatic heterocycles. The van der Waals surface area contributed by atoms with Crippen LogP contribution in [0.25, 0.3) is 0 Å². The van der Waals surface area contributed by atoms with Gasteiger partial charge >= 0.3 is 149 Å². The van der Waals surface area contributed by atoms with Crippen LogP contribution in [-0.2, 0) is 13.8 Å². The third-order valence-electron chi connectivity index (χ3n) is 4.42. The van der Waals surface area contributed by atoms with Gasteiger partial charge < -0.3 is 0 Å². The molecule has 0 saturated carbocycles. The number of fused-ring (bicyclic) bond motifs is 2. The normalized spacial score (nSPS) is 37.3. The van der Waals surface area contributed by atoms with Crippen LogP contribution in [0, 0.1) is 0 Å². The second-order valence-corrected chi connectivity index (χ2v) is 8.82. The minimum absolute atomic E-state index is 0.0142. The third-order valence-corrected chi connectivity index (χ3v) is 6.00. The number of aliphatic hydroxyl groups excluding tert-OH is 1. The van der Waals surface area contributed by atoms with E-state index in [1.165, 1.54) is 7.57 Å². The molecular formula is C11H19BClN6O5P. The van der Waals surface area contributed by atoms with Gasteiger partial charge in [-0.2, -0.15) is 0 Å². The second kappa shape index (κ2) is 6.03. The van der Waals surface area contributed by atoms with E-state index in [-0.39, 0.29) is 17.7 Å². The summed E-state index contributed by atoms with van der Waals surface area (Å²) < 4.78 is 16.8. The molecule has 0 bridgehead atoms. The Hall–Kier alpha value is -0.975. The standard InChI is InChI=1S/C11H19BClN6O5P/c1-15-11-16-4-7(14)17-10(13)18-8(4)19(11)9-5(20)6-3(23-9)2-22-25(12,21)24-6/h3,5-6,9,11,15-16,20-21,25H,2,12H2,1H3,(H2,14,17,18)/t3?,5?,6-,9?,11?/m1/s1. The van der Waals surface area contributed by atoms with Gasteiger partial charge in [0.1, 0.15) is 0 Å². The fraction of sp³-hybridized carbons (Fsp3) is 0.636. The Balaban J connectivity index is 1.68. The van der Waals surface area contributed by atoms with E-state index in [2.05, 4.69) is 20.6 Å². The number of hydrogen-bond acceptors (Lipinski definition) is 11. The number of nitrogens with one attached hydrogen (secondary N) is 2. The Kier molecular flexibility index (Phi) is 4.21. The van der Waals surface area contributed by atoms with Crippen molar-refractivity contribution in [2.24, 2.45) is 0 Å². The van der Waals surface area contributed by atoms with Crippen molar-refractivity contribution in [1.82, 2.24) is 15.3 Å². The van der Waals surface area contributed by atoms with E-state index >= 15 is 0 Å². The van der Waals surface area contributed by atoms with Gasteiger partial charge in [0.2, 0.25) is 0 Å². The second-order valence-electron chi connectivity index (χ2n) is 6.17. The quantitative estimate of drug-likeness (QED) is 0.216. The molecular weight excluding hydrogens is 373 g/mol. The molecule has 4 heterocycles. The Bertz CT molecular complexity index is 703. The first-order valence-corrected chi connectivity index (χ1v) is 10.4. The fourth-order valence-corrected chi connectivity index (χ4v) is 4.83. The van der Waals surface area contributed by atoms with Gasteiger partial charge in [-0.15, -0.1) is 0 Å². The van der Waals surface area contributed by atoms with Gasteiger partial charge in [0, 0.05) is 0 Å². The molecule has 6 N–H and O–H groups in total. The predicted molar refractivity (Wildman–Crippen MR) is 95.0 cm³/mol. The van der Waals surface area contributed by atoms with E-state index in [4.69, 9.17) is 31.1 Å². The summed E-state index contributed by atoms with van der Waals surface area (Å²) in [6.07, 6.45) is -3.51. The molecule has 0 radical (unpaired) electrons. The van der Waals surface area contributed by atoms with Crippen LogP contribution in [0.2, 0.25) is 5.28 Å². The van der Waals surface area contributed by atoms with Crippen molar-refractivity contribution in [3.05, 3.63) is 5.28 Å². The number of hydrogen-bond donors (Lipinski definition) is 5. The number of rotatable bonds is 2. The molecule has 0 aliphatic carbocycles. The van der Waals surface area contributed by atoms with Gasteiger partial charge in [-0.1, -0.05) is 0 Å². The van der Waals surface area contributed by atoms with Crippen LogP contribution in [0.4, 0.5) is 17.3 Å². The number of ether oxygens (including phenoxy) is 1. The van der Waals surface area contributed by atoms with Gasteiger partial charge in [-0.05, 0) is 0 Å². The number of nitrogens with two attached hydrogens (primary N) is 1. The van der Waals surface area contributed by atoms with Gasteiger partial charge in [0.25, 0.3) is 0 Å². The first-order valence-electron chi connectivity index (χ1n) is 7.73. The molecule has 25 heavy (non-hydrogen) atoms. The number of nitrogens with zero attached hydrogens (tertiary/aromatic N) is 3. The van der Waals surface area contributed by atoms with Gasteiger partial charge in [0.05, 0.1) is 0 Å². The topological polar surface area (TPSA) is 147 Å². The fourth-order valence-electron chi connectivity index (χ4n) is 3.32. The first-order chi connectivity index (χ1) is 11.8. The van der Waals surface area contributed by atoms with Crippen molar-refractivity contribution >= 4 is 44.3 Å². The van der Waals surface area contributed by atoms with Crippen LogP contribution in [-0.4, -0.2) is 72.0 Å². The van der Waals surface area contributed by atoms with E-state index in [1.807, 2.05) is 0 Å². The van der Waals surface area contributed by atoms with Crippen molar-refractivity contribution in [3.63, 3.8) is 0 Å². The Morgan fingerprint density at radius 3 is 3.00 bits per heavy atom. The van der Waals surface area contributed by atoms with Gasteiger partial charge in [0.15, 0.2) is 0 Å². The summed E-state index contributed by atoms with van der Waals surface area (Å²) in [5, 5.41) is 16.9. The van der Waals surface area contributed by atoms with Crippen LogP contribution in [0.5, 0.6) is 0 Å². The Labute approximate surface area is 149 Å². The zero-order valence-corrected chi connectivity index (χ0v) is 15.3. The zero-order valence-electron chi connectivity index (χ0n) is 13.5. The first kappa shape index (κ1) is 17.4. The molecule has 14 heteroatoms. The number of aliphatic hydroxyl groups is 1. The van der Waals surface area contributed by atoms with Crippen LogP contribution in [0.15, 0.2) is 0 Å². The maximum atomic E-state index is 10.8. The van der Waals surface area contributed by atoms with Crippen LogP contribution in [0.3, 0.4) is 0 Å². The SMILES string of the molecule is B[PH]1(O)OCC2OC(N3c4nc(Cl)nc(N)c4NC3NC)C(O)[C@@H]2O1. The molecule has 0 amide bonds. The molecule has 0 spiro atoms. The Morgan fingerprint density at radius 2 is 2.28 bits per heavy atom. The summed E-state index contributed by atoms with van der Waals surface area (Å²) in [5.41, 5.74) is 6.40. The average Bonchev–Trinajstić information content (AvgIpc) is 3.05. The summed E-state index contributed by atoms with van der Waals surface area (Å²) in [7, 11) is -0.0289. The summed E-state index contributed by atoms with van der Waals surface area (Å²) in [6, 6.07) is 0. The predicted octanol–water partition coefficient (Wildman–Crippen LogP) is -2.02. The molecule has 4 rings (SSSR count). The van der Waals surface area contributed by atoms with E-state index in [0.29, 0.717) is 11.5 Å². The third kappa shape index (κ3) is 2.82. The van der Waals surface area contributed by atoms with Gasteiger partial charge in [-0.3, -0.25) is 0 Å². The summed E-state index contributed by atoms with van der Waals surface area (Å²) >= 11 is 5.93. The number of halogens is 1. The van der Waals surface area contributed by atoms with Crippen LogP contribution >= 0.6 is 19.4 Å². The minimum atomic E-state index is -3.26. The van der Waals surface area contributed by atoms with Crippen molar-refractivity contribution in [2.75, 3.05) is 29.6 Å². The van der Waals surface area contributed by atoms with Gasteiger partial charge in [-0.25, -0.2) is 0 Å². The molecule has 5 atom stereocenters. The van der Waals surface area contributed by atoms with E-state index in [9.17, 15) is 10.00 Å². The molecule has 1 aromatic rings. The molecule has 3 aliphatic rings. The zero-order chi connectivity index (χ0) is 17.9. The summed E-state index contributed by atoms with van der Waals surface area (Å²) in [4.78, 5) is 19.9. The van der Waals surface area contributed by atoms with Crippen molar-refractivity contribution in [3.8, 4) is 0 Å². The number of aromatic nitrogens is 2. The molecule has 138 valence electrons. The van der Waals surface area contributed by atoms with Crippen molar-refractivity contribution < 1.29 is 23.8 Å².